The smallest absolute Gasteiger partial charge is 0.286 e. The summed E-state index contributed by atoms with van der Waals surface area (Å²) < 4.78 is 10.5. The van der Waals surface area contributed by atoms with Gasteiger partial charge in [-0.15, -0.1) is 0 Å². The van der Waals surface area contributed by atoms with Gasteiger partial charge >= 0.3 is 0 Å². The van der Waals surface area contributed by atoms with E-state index in [1.807, 2.05) is 6.92 Å². The molecule has 2 heterocycles. The molecule has 150 valence electrons. The summed E-state index contributed by atoms with van der Waals surface area (Å²) in [5, 5.41) is 5.81. The Kier molecular flexibility index (Phi) is 7.22. The Morgan fingerprint density at radius 2 is 1.89 bits per heavy atom. The number of hydrogen-bond donors (Lipinski definition) is 2. The quantitative estimate of drug-likeness (QED) is 0.725. The van der Waals surface area contributed by atoms with Crippen molar-refractivity contribution in [3.05, 3.63) is 59.5 Å². The van der Waals surface area contributed by atoms with E-state index in [-0.39, 0.29) is 36.6 Å². The number of aryl methyl sites for hydroxylation is 1. The van der Waals surface area contributed by atoms with Gasteiger partial charge < -0.3 is 19.8 Å². The van der Waals surface area contributed by atoms with Gasteiger partial charge in [-0.1, -0.05) is 29.8 Å². The highest BCUT2D eigenvalue weighted by Crippen LogP contribution is 2.16. The molecule has 0 radical (unpaired) electrons. The molecule has 1 aliphatic heterocycles. The maximum atomic E-state index is 12.5. The first-order chi connectivity index (χ1) is 13.6. The van der Waals surface area contributed by atoms with Gasteiger partial charge in [0.15, 0.2) is 5.76 Å². The van der Waals surface area contributed by atoms with Crippen LogP contribution in [0, 0.1) is 6.92 Å². The molecule has 3 rings (SSSR count). The molecule has 0 saturated carbocycles. The molecule has 7 heteroatoms. The third-order valence-electron chi connectivity index (χ3n) is 4.74. The number of morpholine rings is 1. The lowest BCUT2D eigenvalue weighted by Gasteiger charge is -2.31. The Morgan fingerprint density at radius 1 is 1.14 bits per heavy atom. The second-order valence-corrected chi connectivity index (χ2v) is 6.93. The highest BCUT2D eigenvalue weighted by Gasteiger charge is 2.20. The number of benzene rings is 1. The lowest BCUT2D eigenvalue weighted by atomic mass is 10.0. The number of amides is 2. The fourth-order valence-electron chi connectivity index (χ4n) is 3.13. The summed E-state index contributed by atoms with van der Waals surface area (Å²) in [6.07, 6.45) is 1.65. The summed E-state index contributed by atoms with van der Waals surface area (Å²) in [4.78, 5) is 26.6. The second kappa shape index (κ2) is 10.1. The summed E-state index contributed by atoms with van der Waals surface area (Å²) in [5.74, 6) is -0.176. The van der Waals surface area contributed by atoms with Gasteiger partial charge in [0.05, 0.1) is 25.5 Å². The van der Waals surface area contributed by atoms with E-state index in [4.69, 9.17) is 9.15 Å². The summed E-state index contributed by atoms with van der Waals surface area (Å²) in [6, 6.07) is 11.4. The average molecular weight is 385 g/mol. The van der Waals surface area contributed by atoms with E-state index in [2.05, 4.69) is 39.8 Å². The Morgan fingerprint density at radius 3 is 2.57 bits per heavy atom. The van der Waals surface area contributed by atoms with Gasteiger partial charge in [0.25, 0.3) is 5.91 Å². The van der Waals surface area contributed by atoms with Crippen LogP contribution in [0.2, 0.25) is 0 Å². The van der Waals surface area contributed by atoms with Crippen LogP contribution in [0.5, 0.6) is 0 Å². The highest BCUT2D eigenvalue weighted by molar-refractivity contribution is 5.91. The SMILES string of the molecule is Cc1ccc([C@H](CN2CCOCC2)NC(=O)CCNC(=O)c2ccco2)cc1. The number of carbonyl (C=O) groups is 2. The summed E-state index contributed by atoms with van der Waals surface area (Å²) >= 11 is 0. The van der Waals surface area contributed by atoms with Crippen LogP contribution >= 0.6 is 0 Å². The molecule has 7 nitrogen and oxygen atoms in total. The molecule has 2 aromatic rings. The minimum Gasteiger partial charge on any atom is -0.459 e. The maximum absolute atomic E-state index is 12.5. The number of hydrogen-bond acceptors (Lipinski definition) is 5. The number of furan rings is 1. The largest absolute Gasteiger partial charge is 0.459 e. The molecular weight excluding hydrogens is 358 g/mol. The molecule has 1 fully saturated rings. The number of ether oxygens (including phenoxy) is 1. The monoisotopic (exact) mass is 385 g/mol. The van der Waals surface area contributed by atoms with Crippen LogP contribution in [0.4, 0.5) is 0 Å². The van der Waals surface area contributed by atoms with Gasteiger partial charge in [0.1, 0.15) is 0 Å². The third kappa shape index (κ3) is 5.94. The molecule has 1 atom stereocenters. The van der Waals surface area contributed by atoms with E-state index >= 15 is 0 Å². The van der Waals surface area contributed by atoms with Crippen molar-refractivity contribution in [2.75, 3.05) is 39.4 Å². The molecule has 1 saturated heterocycles. The first kappa shape index (κ1) is 20.1. The first-order valence-electron chi connectivity index (χ1n) is 9.59. The number of rotatable bonds is 8. The standard InChI is InChI=1S/C21H27N3O4/c1-16-4-6-17(7-5-16)18(15-24-10-13-27-14-11-24)23-20(25)8-9-22-21(26)19-3-2-12-28-19/h2-7,12,18H,8-11,13-15H2,1H3,(H,22,26)(H,23,25)/t18-/m0/s1. The van der Waals surface area contributed by atoms with Crippen LogP contribution in [-0.2, 0) is 9.53 Å². The minimum absolute atomic E-state index is 0.0985. The number of carbonyl (C=O) groups excluding carboxylic acids is 2. The van der Waals surface area contributed by atoms with Crippen molar-refractivity contribution in [2.45, 2.75) is 19.4 Å². The predicted molar refractivity (Wildman–Crippen MR) is 105 cm³/mol. The third-order valence-corrected chi connectivity index (χ3v) is 4.74. The van der Waals surface area contributed by atoms with E-state index in [0.717, 1.165) is 25.2 Å². The van der Waals surface area contributed by atoms with Crippen LogP contribution in [-0.4, -0.2) is 56.1 Å². The van der Waals surface area contributed by atoms with E-state index in [9.17, 15) is 9.59 Å². The lowest BCUT2D eigenvalue weighted by molar-refractivity contribution is -0.121. The average Bonchev–Trinajstić information content (AvgIpc) is 3.24. The van der Waals surface area contributed by atoms with Crippen LogP contribution in [0.3, 0.4) is 0 Å². The summed E-state index contributed by atoms with van der Waals surface area (Å²) in [7, 11) is 0. The van der Waals surface area contributed by atoms with E-state index < -0.39 is 0 Å². The summed E-state index contributed by atoms with van der Waals surface area (Å²) in [5.41, 5.74) is 2.26. The Labute approximate surface area is 165 Å². The fraction of sp³-hybridized carbons (Fsp3) is 0.429. The molecule has 1 aromatic heterocycles. The van der Waals surface area contributed by atoms with Crippen molar-refractivity contribution in [2.24, 2.45) is 0 Å². The molecule has 0 aliphatic carbocycles. The van der Waals surface area contributed by atoms with E-state index in [1.54, 1.807) is 12.1 Å². The zero-order valence-corrected chi connectivity index (χ0v) is 16.1. The summed E-state index contributed by atoms with van der Waals surface area (Å²) in [6.45, 7) is 6.18. The minimum atomic E-state index is -0.318. The maximum Gasteiger partial charge on any atom is 0.286 e. The van der Waals surface area contributed by atoms with Crippen molar-refractivity contribution >= 4 is 11.8 Å². The van der Waals surface area contributed by atoms with Gasteiger partial charge in [0.2, 0.25) is 5.91 Å². The second-order valence-electron chi connectivity index (χ2n) is 6.93. The molecule has 28 heavy (non-hydrogen) atoms. The van der Waals surface area contributed by atoms with Crippen LogP contribution in [0.25, 0.3) is 0 Å². The Bertz CT molecular complexity index is 752. The normalized spacial score (nSPS) is 15.8. The molecule has 0 bridgehead atoms. The molecular formula is C21H27N3O4. The lowest BCUT2D eigenvalue weighted by Crippen LogP contribution is -2.43. The predicted octanol–water partition coefficient (Wildman–Crippen LogP) is 1.90. The number of nitrogens with one attached hydrogen (secondary N) is 2. The highest BCUT2D eigenvalue weighted by atomic mass is 16.5. The van der Waals surface area contributed by atoms with Crippen LogP contribution in [0.15, 0.2) is 47.1 Å². The molecule has 2 amide bonds. The van der Waals surface area contributed by atoms with Gasteiger partial charge in [-0.05, 0) is 24.6 Å². The Hall–Kier alpha value is -2.64. The topological polar surface area (TPSA) is 83.8 Å². The zero-order chi connectivity index (χ0) is 19.8. The van der Waals surface area contributed by atoms with Gasteiger partial charge in [-0.3, -0.25) is 14.5 Å². The van der Waals surface area contributed by atoms with Crippen molar-refractivity contribution in [3.63, 3.8) is 0 Å². The van der Waals surface area contributed by atoms with Crippen molar-refractivity contribution in [3.8, 4) is 0 Å². The van der Waals surface area contributed by atoms with Gasteiger partial charge in [-0.2, -0.15) is 0 Å². The molecule has 1 aromatic carbocycles. The molecule has 0 unspecified atom stereocenters. The number of nitrogens with zero attached hydrogens (tertiary/aromatic N) is 1. The van der Waals surface area contributed by atoms with Crippen molar-refractivity contribution in [1.82, 2.24) is 15.5 Å². The zero-order valence-electron chi connectivity index (χ0n) is 16.1. The van der Waals surface area contributed by atoms with Crippen LogP contribution < -0.4 is 10.6 Å². The van der Waals surface area contributed by atoms with Gasteiger partial charge in [0, 0.05) is 32.6 Å². The van der Waals surface area contributed by atoms with Crippen molar-refractivity contribution in [1.29, 1.82) is 0 Å². The van der Waals surface area contributed by atoms with Gasteiger partial charge in [-0.25, -0.2) is 0 Å². The fourth-order valence-corrected chi connectivity index (χ4v) is 3.13. The van der Waals surface area contributed by atoms with Crippen LogP contribution in [0.1, 0.15) is 34.1 Å². The van der Waals surface area contributed by atoms with Crippen molar-refractivity contribution < 1.29 is 18.7 Å². The first-order valence-corrected chi connectivity index (χ1v) is 9.59. The molecule has 2 N–H and O–H groups in total. The Balaban J connectivity index is 1.54. The van der Waals surface area contributed by atoms with E-state index in [0.29, 0.717) is 13.2 Å². The molecule has 0 spiro atoms. The van der Waals surface area contributed by atoms with E-state index in [1.165, 1.54) is 11.8 Å². The molecule has 1 aliphatic rings.